The van der Waals surface area contributed by atoms with E-state index in [0.717, 1.165) is 0 Å². The van der Waals surface area contributed by atoms with Crippen LogP contribution >= 0.6 is 0 Å². The van der Waals surface area contributed by atoms with Crippen LogP contribution in [0.15, 0.2) is 12.2 Å². The molecule has 0 rings (SSSR count). The second-order valence-corrected chi connectivity index (χ2v) is 0.752. The van der Waals surface area contributed by atoms with Gasteiger partial charge in [0.25, 0.3) is 0 Å². The topological polar surface area (TPSA) is 20.2 Å². The molecule has 0 saturated carbocycles. The van der Waals surface area contributed by atoms with Crippen molar-refractivity contribution in [2.45, 2.75) is 6.92 Å². The molecule has 1 N–H and O–H groups in total. The fourth-order valence-electron chi connectivity index (χ4n) is 0.105. The summed E-state index contributed by atoms with van der Waals surface area (Å²) in [5, 5.41) is 7.98. The maximum atomic E-state index is 7.98. The average molecular weight is 72.1 g/mol. The Morgan fingerprint density at radius 2 is 2.40 bits per heavy atom. The van der Waals surface area contributed by atoms with Crippen molar-refractivity contribution in [2.75, 3.05) is 6.61 Å². The van der Waals surface area contributed by atoms with Gasteiger partial charge in [-0.3, -0.25) is 0 Å². The Morgan fingerprint density at radius 1 is 1.80 bits per heavy atom. The lowest BCUT2D eigenvalue weighted by atomic mass is 10.6. The van der Waals surface area contributed by atoms with Crippen LogP contribution in [0.2, 0.25) is 0 Å². The molecule has 0 aliphatic heterocycles. The lowest BCUT2D eigenvalue weighted by Gasteiger charge is -1.66. The predicted molar refractivity (Wildman–Crippen MR) is 21.9 cm³/mol. The molecule has 0 aliphatic rings. The molecule has 0 heterocycles. The summed E-state index contributed by atoms with van der Waals surface area (Å²) in [5.41, 5.74) is 0. The summed E-state index contributed by atoms with van der Waals surface area (Å²) >= 11 is 0. The smallest absolute Gasteiger partial charge is 0.0612 e. The number of rotatable bonds is 1. The van der Waals surface area contributed by atoms with Crippen LogP contribution < -0.4 is 0 Å². The molecule has 0 aromatic carbocycles. The zero-order chi connectivity index (χ0) is 4.12. The van der Waals surface area contributed by atoms with Crippen molar-refractivity contribution in [1.82, 2.24) is 0 Å². The molecule has 5 heavy (non-hydrogen) atoms. The molecule has 30 valence electrons. The fraction of sp³-hybridized carbons (Fsp3) is 0.500. The molecule has 0 aliphatic carbocycles. The summed E-state index contributed by atoms with van der Waals surface area (Å²) in [7, 11) is 0. The first-order valence-corrected chi connectivity index (χ1v) is 1.64. The Morgan fingerprint density at radius 3 is 2.40 bits per heavy atom. The van der Waals surface area contributed by atoms with Crippen LogP contribution in [-0.2, 0) is 0 Å². The number of allylic oxidation sites excluding steroid dienone is 1. The van der Waals surface area contributed by atoms with E-state index in [1.54, 1.807) is 12.2 Å². The molecule has 0 bridgehead atoms. The molecule has 0 saturated heterocycles. The van der Waals surface area contributed by atoms with E-state index < -0.39 is 0 Å². The normalized spacial score (nSPS) is 10.0. The Bertz CT molecular complexity index is 30.6. The average Bonchev–Trinajstić information content (AvgIpc) is 1.41. The molecule has 0 spiro atoms. The highest BCUT2D eigenvalue weighted by atomic mass is 16.2. The van der Waals surface area contributed by atoms with Crippen molar-refractivity contribution >= 4 is 0 Å². The standard InChI is InChI=1S/C4H8O/c1-2-3-4-5/h2-3,5H,4H2,1H3. The Hall–Kier alpha value is -0.300. The van der Waals surface area contributed by atoms with Crippen molar-refractivity contribution in [2.24, 2.45) is 0 Å². The van der Waals surface area contributed by atoms with Gasteiger partial charge in [0.15, 0.2) is 0 Å². The van der Waals surface area contributed by atoms with E-state index in [9.17, 15) is 0 Å². The first-order valence-electron chi connectivity index (χ1n) is 1.64. The SMILES string of the molecule is CC=CCO. The van der Waals surface area contributed by atoms with Crippen LogP contribution in [0.5, 0.6) is 0 Å². The Kier molecular flexibility index (Phi) is 3.48. The van der Waals surface area contributed by atoms with Gasteiger partial charge in [0.05, 0.1) is 6.61 Å². The highest BCUT2D eigenvalue weighted by molar-refractivity contribution is 4.74. The van der Waals surface area contributed by atoms with Gasteiger partial charge in [-0.15, -0.1) is 0 Å². The van der Waals surface area contributed by atoms with Gasteiger partial charge in [-0.2, -0.15) is 0 Å². The van der Waals surface area contributed by atoms with Gasteiger partial charge in [0.1, 0.15) is 0 Å². The summed E-state index contributed by atoms with van der Waals surface area (Å²) in [6.07, 6.45) is 3.49. The largest absolute Gasteiger partial charge is 0.392 e. The van der Waals surface area contributed by atoms with Crippen LogP contribution in [0.4, 0.5) is 0 Å². The minimum absolute atomic E-state index is 0.163. The molecule has 0 aromatic rings. The van der Waals surface area contributed by atoms with E-state index in [1.807, 2.05) is 6.92 Å². The monoisotopic (exact) mass is 72.1 g/mol. The maximum absolute atomic E-state index is 7.98. The summed E-state index contributed by atoms with van der Waals surface area (Å²) in [6.45, 7) is 2.03. The van der Waals surface area contributed by atoms with Gasteiger partial charge in [-0.25, -0.2) is 0 Å². The van der Waals surface area contributed by atoms with E-state index in [2.05, 4.69) is 0 Å². The van der Waals surface area contributed by atoms with Crippen LogP contribution in [0.3, 0.4) is 0 Å². The Balaban J connectivity index is 2.62. The van der Waals surface area contributed by atoms with Gasteiger partial charge < -0.3 is 5.11 Å². The van der Waals surface area contributed by atoms with Crippen molar-refractivity contribution in [3.63, 3.8) is 0 Å². The molecule has 0 radical (unpaired) electrons. The van der Waals surface area contributed by atoms with Gasteiger partial charge in [-0.05, 0) is 6.92 Å². The fourth-order valence-corrected chi connectivity index (χ4v) is 0.105. The molecule has 1 heteroatoms. The quantitative estimate of drug-likeness (QED) is 0.448. The minimum Gasteiger partial charge on any atom is -0.392 e. The molecule has 0 amide bonds. The summed E-state index contributed by atoms with van der Waals surface area (Å²) < 4.78 is 0. The minimum atomic E-state index is 0.163. The van der Waals surface area contributed by atoms with Gasteiger partial charge in [-0.1, -0.05) is 12.2 Å². The third kappa shape index (κ3) is 3.70. The zero-order valence-electron chi connectivity index (χ0n) is 3.31. The number of aliphatic hydroxyl groups excluding tert-OH is 1. The van der Waals surface area contributed by atoms with E-state index >= 15 is 0 Å². The summed E-state index contributed by atoms with van der Waals surface area (Å²) in [4.78, 5) is 0. The summed E-state index contributed by atoms with van der Waals surface area (Å²) in [6, 6.07) is 0. The second kappa shape index (κ2) is 3.70. The molecular formula is C4H8O. The van der Waals surface area contributed by atoms with Gasteiger partial charge >= 0.3 is 0 Å². The van der Waals surface area contributed by atoms with Crippen molar-refractivity contribution in [3.8, 4) is 0 Å². The number of hydrogen-bond acceptors (Lipinski definition) is 1. The van der Waals surface area contributed by atoms with E-state index in [-0.39, 0.29) is 6.61 Å². The van der Waals surface area contributed by atoms with Crippen molar-refractivity contribution < 1.29 is 5.11 Å². The van der Waals surface area contributed by atoms with E-state index in [0.29, 0.717) is 0 Å². The zero-order valence-corrected chi connectivity index (χ0v) is 3.31. The van der Waals surface area contributed by atoms with Gasteiger partial charge in [0.2, 0.25) is 0 Å². The first kappa shape index (κ1) is 4.70. The lowest BCUT2D eigenvalue weighted by molar-refractivity contribution is 0.342. The highest BCUT2D eigenvalue weighted by Crippen LogP contribution is 1.60. The first-order chi connectivity index (χ1) is 2.41. The molecule has 1 nitrogen and oxygen atoms in total. The number of hydrogen-bond donors (Lipinski definition) is 1. The molecule has 0 fully saturated rings. The van der Waals surface area contributed by atoms with Gasteiger partial charge in [0, 0.05) is 0 Å². The van der Waals surface area contributed by atoms with Crippen LogP contribution in [0, 0.1) is 0 Å². The third-order valence-electron chi connectivity index (χ3n) is 0.341. The predicted octanol–water partition coefficient (Wildman–Crippen LogP) is 0.555. The van der Waals surface area contributed by atoms with Crippen molar-refractivity contribution in [1.29, 1.82) is 0 Å². The number of aliphatic hydroxyl groups is 1. The molecule has 0 atom stereocenters. The third-order valence-corrected chi connectivity index (χ3v) is 0.341. The maximum Gasteiger partial charge on any atom is 0.0612 e. The van der Waals surface area contributed by atoms with Crippen LogP contribution in [0.1, 0.15) is 6.92 Å². The second-order valence-electron chi connectivity index (χ2n) is 0.752. The molecular weight excluding hydrogens is 64.0 g/mol. The van der Waals surface area contributed by atoms with E-state index in [4.69, 9.17) is 5.11 Å². The molecule has 0 aromatic heterocycles. The lowest BCUT2D eigenvalue weighted by Crippen LogP contribution is -1.65. The summed E-state index contributed by atoms with van der Waals surface area (Å²) in [5.74, 6) is 0. The Labute approximate surface area is 31.9 Å². The van der Waals surface area contributed by atoms with Crippen LogP contribution in [-0.4, -0.2) is 11.7 Å². The molecule has 0 unspecified atom stereocenters. The highest BCUT2D eigenvalue weighted by Gasteiger charge is 1.52. The van der Waals surface area contributed by atoms with Crippen molar-refractivity contribution in [3.05, 3.63) is 12.2 Å². The van der Waals surface area contributed by atoms with Crippen LogP contribution in [0.25, 0.3) is 0 Å². The van der Waals surface area contributed by atoms with E-state index in [1.165, 1.54) is 0 Å².